The fraction of sp³-hybridized carbons (Fsp3) is 0. The quantitative estimate of drug-likeness (QED) is 0.211. The van der Waals surface area contributed by atoms with Crippen molar-refractivity contribution in [3.63, 3.8) is 0 Å². The van der Waals surface area contributed by atoms with E-state index < -0.39 is 0 Å². The van der Waals surface area contributed by atoms with Crippen LogP contribution in [0.3, 0.4) is 0 Å². The molecule has 0 saturated carbocycles. The van der Waals surface area contributed by atoms with Gasteiger partial charge in [0.2, 0.25) is 0 Å². The average molecular weight is 549 g/mol. The molecule has 0 amide bonds. The van der Waals surface area contributed by atoms with Crippen LogP contribution in [0.5, 0.6) is 0 Å². The molecule has 200 valence electrons. The Bertz CT molecular complexity index is 2720. The molecule has 0 radical (unpaired) electrons. The van der Waals surface area contributed by atoms with Crippen LogP contribution in [0, 0.1) is 0 Å². The summed E-state index contributed by atoms with van der Waals surface area (Å²) in [5.74, 6) is 0. The van der Waals surface area contributed by atoms with Crippen molar-refractivity contribution in [2.45, 2.75) is 0 Å². The van der Waals surface area contributed by atoms with Crippen molar-refractivity contribution in [1.82, 2.24) is 9.13 Å². The summed E-state index contributed by atoms with van der Waals surface area (Å²) in [5, 5.41) is 9.70. The minimum atomic E-state index is 0.893. The third-order valence-corrected chi connectivity index (χ3v) is 9.08. The van der Waals surface area contributed by atoms with Crippen LogP contribution in [0.1, 0.15) is 0 Å². The highest BCUT2D eigenvalue weighted by molar-refractivity contribution is 6.27. The Balaban J connectivity index is 1.46. The molecule has 0 aliphatic heterocycles. The number of nitrogens with zero attached hydrogens (tertiary/aromatic N) is 2. The van der Waals surface area contributed by atoms with Crippen LogP contribution in [0.15, 0.2) is 150 Å². The van der Waals surface area contributed by atoms with Crippen molar-refractivity contribution in [2.24, 2.45) is 0 Å². The molecule has 0 spiro atoms. The number of furan rings is 1. The molecule has 0 atom stereocenters. The lowest BCUT2D eigenvalue weighted by atomic mass is 10.0. The lowest BCUT2D eigenvalue weighted by Crippen LogP contribution is -1.98. The largest absolute Gasteiger partial charge is 0.456 e. The molecule has 43 heavy (non-hydrogen) atoms. The highest BCUT2D eigenvalue weighted by Crippen LogP contribution is 2.44. The summed E-state index contributed by atoms with van der Waals surface area (Å²) >= 11 is 0. The van der Waals surface area contributed by atoms with Crippen molar-refractivity contribution in [2.75, 3.05) is 0 Å². The van der Waals surface area contributed by atoms with E-state index in [0.29, 0.717) is 0 Å². The molecule has 0 fully saturated rings. The Morgan fingerprint density at radius 1 is 0.349 bits per heavy atom. The number of hydrogen-bond donors (Lipinski definition) is 0. The van der Waals surface area contributed by atoms with Gasteiger partial charge in [-0.2, -0.15) is 0 Å². The lowest BCUT2D eigenvalue weighted by molar-refractivity contribution is 0.668. The first-order valence-electron chi connectivity index (χ1n) is 14.7. The van der Waals surface area contributed by atoms with Gasteiger partial charge in [0.05, 0.1) is 27.8 Å². The number of benzene rings is 7. The van der Waals surface area contributed by atoms with Gasteiger partial charge in [-0.15, -0.1) is 0 Å². The summed E-state index contributed by atoms with van der Waals surface area (Å²) in [6, 6.07) is 52.3. The van der Waals surface area contributed by atoms with Gasteiger partial charge in [-0.05, 0) is 41.8 Å². The van der Waals surface area contributed by atoms with Crippen molar-refractivity contribution in [3.05, 3.63) is 146 Å². The summed E-state index contributed by atoms with van der Waals surface area (Å²) in [6.45, 7) is 0. The van der Waals surface area contributed by atoms with Gasteiger partial charge in [0.1, 0.15) is 11.2 Å². The number of hydrogen-bond acceptors (Lipinski definition) is 1. The predicted molar refractivity (Wildman–Crippen MR) is 180 cm³/mol. The second-order valence-corrected chi connectivity index (χ2v) is 11.3. The Hall–Kier alpha value is -5.80. The summed E-state index contributed by atoms with van der Waals surface area (Å²) in [6.07, 6.45) is 0. The maximum atomic E-state index is 6.41. The van der Waals surface area contributed by atoms with E-state index in [4.69, 9.17) is 4.42 Å². The highest BCUT2D eigenvalue weighted by Gasteiger charge is 2.22. The maximum absolute atomic E-state index is 6.41. The van der Waals surface area contributed by atoms with Gasteiger partial charge in [0.25, 0.3) is 0 Å². The molecule has 10 aromatic rings. The molecule has 0 aliphatic carbocycles. The van der Waals surface area contributed by atoms with E-state index >= 15 is 0 Å². The molecule has 0 aliphatic rings. The molecule has 0 bridgehead atoms. The second kappa shape index (κ2) is 8.37. The third-order valence-electron chi connectivity index (χ3n) is 9.08. The predicted octanol–water partition coefficient (Wildman–Crippen LogP) is 10.9. The zero-order valence-electron chi connectivity index (χ0n) is 23.2. The smallest absolute Gasteiger partial charge is 0.137 e. The van der Waals surface area contributed by atoms with E-state index in [1.54, 1.807) is 0 Å². The Morgan fingerprint density at radius 3 is 1.84 bits per heavy atom. The van der Waals surface area contributed by atoms with Crippen LogP contribution in [-0.4, -0.2) is 9.13 Å². The van der Waals surface area contributed by atoms with Crippen LogP contribution in [0.25, 0.3) is 87.7 Å². The second-order valence-electron chi connectivity index (χ2n) is 11.3. The maximum Gasteiger partial charge on any atom is 0.137 e. The third kappa shape index (κ3) is 3.03. The minimum absolute atomic E-state index is 0.893. The average Bonchev–Trinajstić information content (AvgIpc) is 3.72. The van der Waals surface area contributed by atoms with Crippen LogP contribution in [0.4, 0.5) is 0 Å². The van der Waals surface area contributed by atoms with Crippen LogP contribution >= 0.6 is 0 Å². The molecule has 3 nitrogen and oxygen atoms in total. The van der Waals surface area contributed by atoms with E-state index in [1.165, 1.54) is 54.4 Å². The molecular formula is C40H24N2O. The normalized spacial score (nSPS) is 12.2. The molecule has 0 unspecified atom stereocenters. The Kier molecular flexibility index (Phi) is 4.45. The standard InChI is InChI=1S/C40H24N2O/c1-2-11-26(12-3-1)41-35-16-8-6-14-29(35)32-22-23-34-33-20-18-25-10-4-5-13-28(25)38(33)42(40(34)39(32)41)27-19-21-31-30-15-7-9-17-36(30)43-37(31)24-27/h1-24H. The van der Waals surface area contributed by atoms with E-state index in [9.17, 15) is 0 Å². The summed E-state index contributed by atoms with van der Waals surface area (Å²) in [7, 11) is 0. The molecule has 3 heteroatoms. The highest BCUT2D eigenvalue weighted by atomic mass is 16.3. The van der Waals surface area contributed by atoms with Crippen molar-refractivity contribution in [1.29, 1.82) is 0 Å². The van der Waals surface area contributed by atoms with Gasteiger partial charge in [-0.1, -0.05) is 103 Å². The molecule has 3 aromatic heterocycles. The van der Waals surface area contributed by atoms with Crippen LogP contribution in [0.2, 0.25) is 0 Å². The first-order chi connectivity index (χ1) is 21.3. The van der Waals surface area contributed by atoms with Gasteiger partial charge >= 0.3 is 0 Å². The van der Waals surface area contributed by atoms with Gasteiger partial charge in [0.15, 0.2) is 0 Å². The zero-order chi connectivity index (χ0) is 28.1. The molecular weight excluding hydrogens is 524 g/mol. The molecule has 0 N–H and O–H groups in total. The Labute approximate surface area is 246 Å². The van der Waals surface area contributed by atoms with Gasteiger partial charge in [-0.3, -0.25) is 0 Å². The number of para-hydroxylation sites is 3. The molecule has 3 heterocycles. The Morgan fingerprint density at radius 2 is 0.953 bits per heavy atom. The summed E-state index contributed by atoms with van der Waals surface area (Å²) in [5.41, 5.74) is 8.84. The number of aromatic nitrogens is 2. The van der Waals surface area contributed by atoms with Crippen molar-refractivity contribution >= 4 is 76.3 Å². The van der Waals surface area contributed by atoms with E-state index in [0.717, 1.165) is 33.3 Å². The van der Waals surface area contributed by atoms with Gasteiger partial charge < -0.3 is 13.6 Å². The topological polar surface area (TPSA) is 23.0 Å². The minimum Gasteiger partial charge on any atom is -0.456 e. The first-order valence-corrected chi connectivity index (χ1v) is 14.7. The van der Waals surface area contributed by atoms with Gasteiger partial charge in [-0.25, -0.2) is 0 Å². The van der Waals surface area contributed by atoms with Gasteiger partial charge in [0, 0.05) is 49.5 Å². The molecule has 7 aromatic carbocycles. The summed E-state index contributed by atoms with van der Waals surface area (Å²) < 4.78 is 11.3. The molecule has 0 saturated heterocycles. The molecule has 10 rings (SSSR count). The van der Waals surface area contributed by atoms with Crippen molar-refractivity contribution < 1.29 is 4.42 Å². The van der Waals surface area contributed by atoms with E-state index in [-0.39, 0.29) is 0 Å². The lowest BCUT2D eigenvalue weighted by Gasteiger charge is -2.13. The van der Waals surface area contributed by atoms with Crippen LogP contribution < -0.4 is 0 Å². The van der Waals surface area contributed by atoms with E-state index in [2.05, 4.69) is 143 Å². The fourth-order valence-corrected chi connectivity index (χ4v) is 7.27. The van der Waals surface area contributed by atoms with E-state index in [1.807, 2.05) is 12.1 Å². The number of rotatable bonds is 2. The fourth-order valence-electron chi connectivity index (χ4n) is 7.27. The van der Waals surface area contributed by atoms with Crippen LogP contribution in [-0.2, 0) is 0 Å². The zero-order valence-corrected chi connectivity index (χ0v) is 23.2. The summed E-state index contributed by atoms with van der Waals surface area (Å²) in [4.78, 5) is 0. The SMILES string of the molecule is c1ccc(-n2c3ccccc3c3ccc4c5ccc6ccccc6c5n(-c5ccc6c(c5)oc5ccccc56)c4c32)cc1. The number of fused-ring (bicyclic) bond motifs is 12. The van der Waals surface area contributed by atoms with Crippen molar-refractivity contribution in [3.8, 4) is 11.4 Å². The monoisotopic (exact) mass is 548 g/mol. The first kappa shape index (κ1) is 22.8.